The average Bonchev–Trinajstić information content (AvgIpc) is 2.39. The molecule has 0 heterocycles. The van der Waals surface area contributed by atoms with E-state index < -0.39 is 0 Å². The number of hydrogen-bond donors (Lipinski definition) is 2. The maximum atomic E-state index is 8.79. The molecule has 0 atom stereocenters. The van der Waals surface area contributed by atoms with E-state index in [-0.39, 0.29) is 62.5 Å². The number of halogens is 2. The van der Waals surface area contributed by atoms with Crippen LogP contribution in [0.15, 0.2) is 48.5 Å². The largest absolute Gasteiger partial charge is 2.00 e. The number of aromatic hydroxyl groups is 2. The van der Waals surface area contributed by atoms with Crippen molar-refractivity contribution in [2.75, 3.05) is 0 Å². The molecule has 2 aromatic carbocycles. The Morgan fingerprint density at radius 1 is 0.714 bits per heavy atom. The predicted octanol–water partition coefficient (Wildman–Crippen LogP) is -3.47. The third-order valence-corrected chi connectivity index (χ3v) is 1.95. The van der Waals surface area contributed by atoms with Gasteiger partial charge in [0.1, 0.15) is 11.5 Å². The predicted molar refractivity (Wildman–Crippen MR) is 65.6 cm³/mol. The normalized spacial score (nSPS) is 7.14. The van der Waals surface area contributed by atoms with E-state index in [2.05, 4.69) is 0 Å². The van der Waals surface area contributed by atoms with Gasteiger partial charge in [0.2, 0.25) is 0 Å². The first-order chi connectivity index (χ1) is 8.65. The molecular formula is C14H10Cl2N2O2Zr. The molecule has 0 saturated heterocycles. The monoisotopic (exact) mass is 398 g/mol. The first-order valence-electron chi connectivity index (χ1n) is 5.04. The van der Waals surface area contributed by atoms with Crippen LogP contribution in [0.4, 0.5) is 0 Å². The zero-order valence-electron chi connectivity index (χ0n) is 10.7. The molecule has 0 radical (unpaired) electrons. The van der Waals surface area contributed by atoms with Crippen molar-refractivity contribution in [3.05, 3.63) is 59.7 Å². The molecule has 2 rings (SSSR count). The van der Waals surface area contributed by atoms with Gasteiger partial charge in [-0.1, -0.05) is 12.1 Å². The second kappa shape index (κ2) is 13.5. The smallest absolute Gasteiger partial charge is 1.00 e. The van der Waals surface area contributed by atoms with Crippen LogP contribution in [0.3, 0.4) is 0 Å². The molecule has 21 heavy (non-hydrogen) atoms. The van der Waals surface area contributed by atoms with Crippen molar-refractivity contribution in [3.8, 4) is 23.6 Å². The number of hydrogen-bond acceptors (Lipinski definition) is 4. The summed E-state index contributed by atoms with van der Waals surface area (Å²) in [7, 11) is 0. The van der Waals surface area contributed by atoms with Crippen LogP contribution in [0.25, 0.3) is 0 Å². The topological polar surface area (TPSA) is 88.0 Å². The Morgan fingerprint density at radius 2 is 1.05 bits per heavy atom. The number of rotatable bonds is 0. The van der Waals surface area contributed by atoms with E-state index in [1.54, 1.807) is 24.3 Å². The Hall–Kier alpha value is -1.52. The van der Waals surface area contributed by atoms with E-state index in [4.69, 9.17) is 20.7 Å². The quantitative estimate of drug-likeness (QED) is 0.481. The Labute approximate surface area is 154 Å². The van der Waals surface area contributed by atoms with E-state index in [9.17, 15) is 0 Å². The number of benzene rings is 2. The molecule has 0 unspecified atom stereocenters. The fraction of sp³-hybridized carbons (Fsp3) is 0. The van der Waals surface area contributed by atoms with Gasteiger partial charge in [0.25, 0.3) is 0 Å². The van der Waals surface area contributed by atoms with Crippen molar-refractivity contribution in [2.24, 2.45) is 0 Å². The molecule has 0 bridgehead atoms. The van der Waals surface area contributed by atoms with Gasteiger partial charge in [-0.2, -0.15) is 10.5 Å². The maximum Gasteiger partial charge on any atom is 2.00 e. The molecule has 0 aromatic heterocycles. The van der Waals surface area contributed by atoms with Crippen LogP contribution < -0.4 is 24.8 Å². The first kappa shape index (κ1) is 24.5. The summed E-state index contributed by atoms with van der Waals surface area (Å²) in [6.45, 7) is 0. The molecule has 2 aromatic rings. The fourth-order valence-corrected chi connectivity index (χ4v) is 1.15. The fourth-order valence-electron chi connectivity index (χ4n) is 1.15. The molecule has 106 valence electrons. The number of phenolic OH excluding ortho intramolecular Hbond substituents is 2. The van der Waals surface area contributed by atoms with Gasteiger partial charge in [-0.05, 0) is 36.4 Å². The summed E-state index contributed by atoms with van der Waals surface area (Å²) in [6, 6.07) is 16.2. The summed E-state index contributed by atoms with van der Waals surface area (Å²) in [5, 5.41) is 34.2. The van der Waals surface area contributed by atoms with E-state index in [0.717, 1.165) is 0 Å². The molecule has 0 aliphatic carbocycles. The van der Waals surface area contributed by atoms with E-state index >= 15 is 0 Å². The minimum atomic E-state index is 0. The van der Waals surface area contributed by atoms with Crippen molar-refractivity contribution < 1.29 is 61.2 Å². The molecule has 0 saturated carbocycles. The standard InChI is InChI=1S/2C7H5NO.2ClH.Zr/c2*8-5-6-2-1-3-7(9)4-6;;;/h2*1-4,9H;2*1H;/q;;;;+2/p-2. The van der Waals surface area contributed by atoms with Crippen LogP contribution >= 0.6 is 0 Å². The molecule has 0 aliphatic rings. The SMILES string of the molecule is N#Cc1cccc(O)c1.N#Cc1cccc(O)c1.[Cl-].[Cl-].[Zr+2]. The van der Waals surface area contributed by atoms with Gasteiger partial charge in [0.05, 0.1) is 23.3 Å². The second-order valence-electron chi connectivity index (χ2n) is 3.32. The molecule has 0 amide bonds. The van der Waals surface area contributed by atoms with E-state index in [1.165, 1.54) is 24.3 Å². The molecule has 7 heteroatoms. The second-order valence-corrected chi connectivity index (χ2v) is 3.32. The summed E-state index contributed by atoms with van der Waals surface area (Å²) in [5.41, 5.74) is 0.963. The third-order valence-electron chi connectivity index (χ3n) is 1.95. The van der Waals surface area contributed by atoms with Crippen molar-refractivity contribution in [3.63, 3.8) is 0 Å². The van der Waals surface area contributed by atoms with Gasteiger partial charge >= 0.3 is 26.2 Å². The van der Waals surface area contributed by atoms with Gasteiger partial charge < -0.3 is 35.0 Å². The van der Waals surface area contributed by atoms with Gasteiger partial charge in [-0.25, -0.2) is 0 Å². The zero-order valence-corrected chi connectivity index (χ0v) is 14.6. The van der Waals surface area contributed by atoms with Gasteiger partial charge in [0.15, 0.2) is 0 Å². The Morgan fingerprint density at radius 3 is 1.24 bits per heavy atom. The van der Waals surface area contributed by atoms with Crippen LogP contribution in [0.2, 0.25) is 0 Å². The Kier molecular flexibility index (Phi) is 15.7. The summed E-state index contributed by atoms with van der Waals surface area (Å²) >= 11 is 0. The molecule has 0 spiro atoms. The van der Waals surface area contributed by atoms with E-state index in [0.29, 0.717) is 11.1 Å². The Balaban J connectivity index is -0.000000270. The van der Waals surface area contributed by atoms with E-state index in [1.807, 2.05) is 12.1 Å². The zero-order chi connectivity index (χ0) is 13.4. The summed E-state index contributed by atoms with van der Waals surface area (Å²) < 4.78 is 0. The van der Waals surface area contributed by atoms with Crippen molar-refractivity contribution in [2.45, 2.75) is 0 Å². The average molecular weight is 400 g/mol. The number of phenols is 2. The summed E-state index contributed by atoms with van der Waals surface area (Å²) in [5.74, 6) is 0.267. The van der Waals surface area contributed by atoms with Crippen LogP contribution in [0.5, 0.6) is 11.5 Å². The molecule has 0 fully saturated rings. The summed E-state index contributed by atoms with van der Waals surface area (Å²) in [6.07, 6.45) is 0. The van der Waals surface area contributed by atoms with Crippen molar-refractivity contribution in [1.82, 2.24) is 0 Å². The third kappa shape index (κ3) is 9.93. The van der Waals surface area contributed by atoms with Gasteiger partial charge in [-0.3, -0.25) is 0 Å². The van der Waals surface area contributed by atoms with Crippen LogP contribution in [-0.2, 0) is 26.2 Å². The van der Waals surface area contributed by atoms with Crippen molar-refractivity contribution >= 4 is 0 Å². The molecule has 2 N–H and O–H groups in total. The first-order valence-corrected chi connectivity index (χ1v) is 5.04. The molecule has 0 aliphatic heterocycles. The maximum absolute atomic E-state index is 8.79. The minimum Gasteiger partial charge on any atom is -1.00 e. The molecular weight excluding hydrogens is 390 g/mol. The minimum absolute atomic E-state index is 0. The summed E-state index contributed by atoms with van der Waals surface area (Å²) in [4.78, 5) is 0. The number of nitriles is 2. The van der Waals surface area contributed by atoms with Crippen LogP contribution in [0, 0.1) is 22.7 Å². The van der Waals surface area contributed by atoms with Gasteiger partial charge in [0, 0.05) is 0 Å². The van der Waals surface area contributed by atoms with Crippen LogP contribution in [-0.4, -0.2) is 10.2 Å². The van der Waals surface area contributed by atoms with Crippen LogP contribution in [0.1, 0.15) is 11.1 Å². The number of nitrogens with zero attached hydrogens (tertiary/aromatic N) is 2. The molecule has 4 nitrogen and oxygen atoms in total. The van der Waals surface area contributed by atoms with Gasteiger partial charge in [-0.15, -0.1) is 0 Å². The van der Waals surface area contributed by atoms with Crippen molar-refractivity contribution in [1.29, 1.82) is 10.5 Å². The Bertz CT molecular complexity index is 569.